The maximum Gasteiger partial charge on any atom is 0.223 e. The second-order valence-electron chi connectivity index (χ2n) is 6.48. The number of hydrogen-bond acceptors (Lipinski definition) is 4. The molecular formula is C19H24FN3OS. The fourth-order valence-corrected chi connectivity index (χ4v) is 3.84. The zero-order chi connectivity index (χ0) is 17.6. The Labute approximate surface area is 152 Å². The van der Waals surface area contributed by atoms with E-state index in [0.717, 1.165) is 50.2 Å². The largest absolute Gasteiger partial charge is 0.352 e. The number of likely N-dealkylation sites (tertiary alicyclic amines) is 1. The number of nitrogens with zero attached hydrogens (tertiary/aromatic N) is 2. The van der Waals surface area contributed by atoms with Crippen molar-refractivity contribution in [1.29, 1.82) is 0 Å². The second kappa shape index (κ2) is 8.54. The van der Waals surface area contributed by atoms with Crippen molar-refractivity contribution in [2.75, 3.05) is 13.1 Å². The number of hydrogen-bond donors (Lipinski definition) is 1. The first-order valence-corrected chi connectivity index (χ1v) is 9.70. The number of aromatic nitrogens is 1. The van der Waals surface area contributed by atoms with Crippen LogP contribution in [-0.4, -0.2) is 28.9 Å². The molecule has 1 aromatic heterocycles. The van der Waals surface area contributed by atoms with Gasteiger partial charge in [0.2, 0.25) is 5.91 Å². The van der Waals surface area contributed by atoms with Crippen LogP contribution in [0.3, 0.4) is 0 Å². The number of carbonyl (C=O) groups is 1. The summed E-state index contributed by atoms with van der Waals surface area (Å²) in [7, 11) is 0. The van der Waals surface area contributed by atoms with Gasteiger partial charge in [-0.3, -0.25) is 9.69 Å². The maximum atomic E-state index is 12.9. The zero-order valence-corrected chi connectivity index (χ0v) is 15.3. The van der Waals surface area contributed by atoms with Crippen LogP contribution in [0.25, 0.3) is 0 Å². The molecule has 0 aliphatic carbocycles. The molecule has 1 fully saturated rings. The molecule has 1 aliphatic rings. The van der Waals surface area contributed by atoms with Gasteiger partial charge in [-0.15, -0.1) is 11.3 Å². The van der Waals surface area contributed by atoms with Gasteiger partial charge in [0.1, 0.15) is 5.82 Å². The van der Waals surface area contributed by atoms with E-state index in [4.69, 9.17) is 0 Å². The Bertz CT molecular complexity index is 693. The average Bonchev–Trinajstić information content (AvgIpc) is 3.09. The third-order valence-corrected chi connectivity index (χ3v) is 5.67. The Balaban J connectivity index is 1.41. The van der Waals surface area contributed by atoms with Crippen molar-refractivity contribution in [3.63, 3.8) is 0 Å². The van der Waals surface area contributed by atoms with Gasteiger partial charge in [-0.1, -0.05) is 19.1 Å². The highest BCUT2D eigenvalue weighted by Crippen LogP contribution is 2.20. The Hall–Kier alpha value is -1.79. The molecule has 1 N–H and O–H groups in total. The summed E-state index contributed by atoms with van der Waals surface area (Å²) in [6.45, 7) is 5.30. The Morgan fingerprint density at radius 1 is 1.32 bits per heavy atom. The molecular weight excluding hydrogens is 337 g/mol. The summed E-state index contributed by atoms with van der Waals surface area (Å²) in [5.74, 6) is -0.0853. The summed E-state index contributed by atoms with van der Waals surface area (Å²) in [6, 6.07) is 6.25. The van der Waals surface area contributed by atoms with E-state index < -0.39 is 0 Å². The molecule has 2 aromatic rings. The van der Waals surface area contributed by atoms with Gasteiger partial charge < -0.3 is 5.32 Å². The summed E-state index contributed by atoms with van der Waals surface area (Å²) < 4.78 is 12.9. The maximum absolute atomic E-state index is 12.9. The van der Waals surface area contributed by atoms with Gasteiger partial charge in [-0.2, -0.15) is 0 Å². The smallest absolute Gasteiger partial charge is 0.223 e. The first-order chi connectivity index (χ1) is 12.1. The van der Waals surface area contributed by atoms with Crippen molar-refractivity contribution in [1.82, 2.24) is 15.2 Å². The number of rotatable bonds is 6. The standard InChI is InChI=1S/C19H24FN3OS/c1-2-18-22-17(13-25-18)12-23-9-7-15(8-10-23)19(24)21-11-14-3-5-16(20)6-4-14/h3-6,13,15H,2,7-12H2,1H3,(H,21,24). The minimum absolute atomic E-state index is 0.0679. The summed E-state index contributed by atoms with van der Waals surface area (Å²) >= 11 is 1.72. The lowest BCUT2D eigenvalue weighted by molar-refractivity contribution is -0.126. The molecule has 134 valence electrons. The molecule has 1 saturated heterocycles. The highest BCUT2D eigenvalue weighted by Gasteiger charge is 2.25. The Kier molecular flexibility index (Phi) is 6.15. The van der Waals surface area contributed by atoms with Crippen LogP contribution in [-0.2, 0) is 24.3 Å². The summed E-state index contributed by atoms with van der Waals surface area (Å²) in [5, 5.41) is 6.30. The molecule has 0 unspecified atom stereocenters. The number of carbonyl (C=O) groups excluding carboxylic acids is 1. The molecule has 0 spiro atoms. The summed E-state index contributed by atoms with van der Waals surface area (Å²) in [5.41, 5.74) is 2.06. The Morgan fingerprint density at radius 3 is 2.68 bits per heavy atom. The van der Waals surface area contributed by atoms with E-state index in [9.17, 15) is 9.18 Å². The SMILES string of the molecule is CCc1nc(CN2CCC(C(=O)NCc3ccc(F)cc3)CC2)cs1. The molecule has 0 bridgehead atoms. The first kappa shape index (κ1) is 18.0. The molecule has 3 rings (SSSR count). The lowest BCUT2D eigenvalue weighted by atomic mass is 9.95. The van der Waals surface area contributed by atoms with E-state index in [-0.39, 0.29) is 17.6 Å². The summed E-state index contributed by atoms with van der Waals surface area (Å²) in [4.78, 5) is 19.3. The highest BCUT2D eigenvalue weighted by molar-refractivity contribution is 7.09. The quantitative estimate of drug-likeness (QED) is 0.858. The van der Waals surface area contributed by atoms with Crippen molar-refractivity contribution >= 4 is 17.2 Å². The minimum atomic E-state index is -0.256. The monoisotopic (exact) mass is 361 g/mol. The van der Waals surface area contributed by atoms with Crippen molar-refractivity contribution < 1.29 is 9.18 Å². The van der Waals surface area contributed by atoms with E-state index >= 15 is 0 Å². The van der Waals surface area contributed by atoms with Gasteiger partial charge >= 0.3 is 0 Å². The van der Waals surface area contributed by atoms with Crippen molar-refractivity contribution in [2.45, 2.75) is 39.3 Å². The van der Waals surface area contributed by atoms with Gasteiger partial charge in [0.25, 0.3) is 0 Å². The molecule has 0 atom stereocenters. The number of piperidine rings is 1. The number of benzene rings is 1. The molecule has 1 aromatic carbocycles. The van der Waals surface area contributed by atoms with Crippen LogP contribution in [0, 0.1) is 11.7 Å². The molecule has 1 aliphatic heterocycles. The Morgan fingerprint density at radius 2 is 2.04 bits per heavy atom. The number of thiazole rings is 1. The van der Waals surface area contributed by atoms with Crippen molar-refractivity contribution in [3.05, 3.63) is 51.7 Å². The number of aryl methyl sites for hydroxylation is 1. The zero-order valence-electron chi connectivity index (χ0n) is 14.5. The fourth-order valence-electron chi connectivity index (χ4n) is 3.10. The van der Waals surface area contributed by atoms with E-state index in [1.807, 2.05) is 0 Å². The van der Waals surface area contributed by atoms with Crippen LogP contribution in [0.1, 0.15) is 36.0 Å². The van der Waals surface area contributed by atoms with Crippen molar-refractivity contribution in [3.8, 4) is 0 Å². The van der Waals surface area contributed by atoms with E-state index in [0.29, 0.717) is 6.54 Å². The van der Waals surface area contributed by atoms with Crippen molar-refractivity contribution in [2.24, 2.45) is 5.92 Å². The summed E-state index contributed by atoms with van der Waals surface area (Å²) in [6.07, 6.45) is 2.74. The van der Waals surface area contributed by atoms with E-state index in [1.165, 1.54) is 17.1 Å². The fraction of sp³-hybridized carbons (Fsp3) is 0.474. The second-order valence-corrected chi connectivity index (χ2v) is 7.42. The topological polar surface area (TPSA) is 45.2 Å². The van der Waals surface area contributed by atoms with Gasteiger partial charge in [0.15, 0.2) is 0 Å². The molecule has 1 amide bonds. The van der Waals surface area contributed by atoms with Crippen LogP contribution in [0.15, 0.2) is 29.6 Å². The normalized spacial score (nSPS) is 16.1. The molecule has 4 nitrogen and oxygen atoms in total. The van der Waals surface area contributed by atoms with Crippen LogP contribution in [0.5, 0.6) is 0 Å². The van der Waals surface area contributed by atoms with E-state index in [1.54, 1.807) is 23.5 Å². The third kappa shape index (κ3) is 5.09. The third-order valence-electron chi connectivity index (χ3n) is 4.63. The predicted octanol–water partition coefficient (Wildman–Crippen LogP) is 3.37. The van der Waals surface area contributed by atoms with Gasteiger partial charge in [0.05, 0.1) is 10.7 Å². The lowest BCUT2D eigenvalue weighted by Gasteiger charge is -2.30. The molecule has 0 saturated carbocycles. The molecule has 25 heavy (non-hydrogen) atoms. The van der Waals surface area contributed by atoms with Crippen LogP contribution in [0.2, 0.25) is 0 Å². The van der Waals surface area contributed by atoms with E-state index in [2.05, 4.69) is 27.5 Å². The van der Waals surface area contributed by atoms with Gasteiger partial charge in [-0.25, -0.2) is 9.37 Å². The minimum Gasteiger partial charge on any atom is -0.352 e. The number of amides is 1. The highest BCUT2D eigenvalue weighted by atomic mass is 32.1. The van der Waals surface area contributed by atoms with Crippen LogP contribution in [0.4, 0.5) is 4.39 Å². The predicted molar refractivity (Wildman–Crippen MR) is 97.7 cm³/mol. The first-order valence-electron chi connectivity index (χ1n) is 8.82. The van der Waals surface area contributed by atoms with Crippen LogP contribution < -0.4 is 5.32 Å². The number of nitrogens with one attached hydrogen (secondary N) is 1. The average molecular weight is 361 g/mol. The number of halogens is 1. The lowest BCUT2D eigenvalue weighted by Crippen LogP contribution is -2.40. The van der Waals surface area contributed by atoms with Gasteiger partial charge in [0, 0.05) is 24.4 Å². The molecule has 2 heterocycles. The van der Waals surface area contributed by atoms with Gasteiger partial charge in [-0.05, 0) is 50.0 Å². The van der Waals surface area contributed by atoms with Crippen LogP contribution >= 0.6 is 11.3 Å². The molecule has 6 heteroatoms. The molecule has 0 radical (unpaired) electrons.